The molecule has 5 heteroatoms. The van der Waals surface area contributed by atoms with E-state index in [2.05, 4.69) is 22.8 Å². The maximum absolute atomic E-state index is 12.7. The Bertz CT molecular complexity index is 962. The maximum atomic E-state index is 12.7. The van der Waals surface area contributed by atoms with Crippen LogP contribution in [0.15, 0.2) is 71.3 Å². The topological polar surface area (TPSA) is 71.3 Å². The van der Waals surface area contributed by atoms with E-state index in [0.717, 1.165) is 30.4 Å². The molecular weight excluding hydrogens is 352 g/mol. The molecule has 1 heterocycles. The van der Waals surface area contributed by atoms with E-state index in [1.54, 1.807) is 12.1 Å². The van der Waals surface area contributed by atoms with Crippen LogP contribution in [0.4, 0.5) is 5.69 Å². The quantitative estimate of drug-likeness (QED) is 0.701. The molecule has 1 aromatic heterocycles. The van der Waals surface area contributed by atoms with E-state index in [4.69, 9.17) is 4.42 Å². The third kappa shape index (κ3) is 3.98. The monoisotopic (exact) mass is 374 g/mol. The number of carbonyl (C=O) groups is 2. The van der Waals surface area contributed by atoms with Gasteiger partial charge in [0.1, 0.15) is 0 Å². The smallest absolute Gasteiger partial charge is 0.291 e. The molecule has 2 amide bonds. The van der Waals surface area contributed by atoms with Crippen molar-refractivity contribution in [2.24, 2.45) is 0 Å². The number of anilines is 1. The van der Waals surface area contributed by atoms with Gasteiger partial charge in [-0.15, -0.1) is 0 Å². The zero-order chi connectivity index (χ0) is 19.3. The Morgan fingerprint density at radius 1 is 1.00 bits per heavy atom. The van der Waals surface area contributed by atoms with Gasteiger partial charge in [0.15, 0.2) is 5.76 Å². The number of nitrogens with one attached hydrogen (secondary N) is 2. The van der Waals surface area contributed by atoms with Crippen LogP contribution in [-0.2, 0) is 17.8 Å². The molecule has 0 bridgehead atoms. The average molecular weight is 374 g/mol. The van der Waals surface area contributed by atoms with Crippen molar-refractivity contribution in [3.63, 3.8) is 0 Å². The Kier molecular flexibility index (Phi) is 5.24. The number of benzene rings is 2. The average Bonchev–Trinajstić information content (AvgIpc) is 3.28. The lowest BCUT2D eigenvalue weighted by molar-refractivity contribution is -0.123. The molecule has 1 aliphatic rings. The van der Waals surface area contributed by atoms with Crippen LogP contribution >= 0.6 is 0 Å². The highest BCUT2D eigenvalue weighted by Crippen LogP contribution is 2.31. The molecule has 4 rings (SSSR count). The second kappa shape index (κ2) is 8.13. The highest BCUT2D eigenvalue weighted by molar-refractivity contribution is 6.02. The van der Waals surface area contributed by atoms with Gasteiger partial charge in [-0.25, -0.2) is 0 Å². The summed E-state index contributed by atoms with van der Waals surface area (Å²) in [6.07, 6.45) is 4.44. The van der Waals surface area contributed by atoms with Gasteiger partial charge in [-0.05, 0) is 60.2 Å². The SMILES string of the molecule is O=C(Nc1ccc(CNC(=O)C2CCCc3ccccc32)cc1)c1ccco1. The van der Waals surface area contributed by atoms with Crippen molar-refractivity contribution in [3.8, 4) is 0 Å². The zero-order valence-corrected chi connectivity index (χ0v) is 15.5. The fourth-order valence-corrected chi connectivity index (χ4v) is 3.65. The Hall–Kier alpha value is -3.34. The molecule has 2 aromatic carbocycles. The van der Waals surface area contributed by atoms with Gasteiger partial charge < -0.3 is 15.1 Å². The molecule has 0 spiro atoms. The molecule has 28 heavy (non-hydrogen) atoms. The summed E-state index contributed by atoms with van der Waals surface area (Å²) in [5.41, 5.74) is 4.10. The van der Waals surface area contributed by atoms with Crippen LogP contribution in [0.2, 0.25) is 0 Å². The summed E-state index contributed by atoms with van der Waals surface area (Å²) < 4.78 is 5.08. The van der Waals surface area contributed by atoms with Gasteiger partial charge in [0.2, 0.25) is 5.91 Å². The molecule has 2 N–H and O–H groups in total. The predicted molar refractivity (Wildman–Crippen MR) is 107 cm³/mol. The fraction of sp³-hybridized carbons (Fsp3) is 0.217. The number of fused-ring (bicyclic) bond motifs is 1. The van der Waals surface area contributed by atoms with Crippen LogP contribution in [0, 0.1) is 0 Å². The van der Waals surface area contributed by atoms with E-state index in [1.165, 1.54) is 11.8 Å². The number of amides is 2. The van der Waals surface area contributed by atoms with Crippen LogP contribution < -0.4 is 10.6 Å². The van der Waals surface area contributed by atoms with Gasteiger partial charge in [-0.3, -0.25) is 9.59 Å². The Morgan fingerprint density at radius 3 is 2.61 bits per heavy atom. The molecule has 1 atom stereocenters. The number of rotatable bonds is 5. The maximum Gasteiger partial charge on any atom is 0.291 e. The number of hydrogen-bond acceptors (Lipinski definition) is 3. The molecule has 3 aromatic rings. The van der Waals surface area contributed by atoms with Gasteiger partial charge in [0.25, 0.3) is 5.91 Å². The Labute approximate surface area is 163 Å². The molecular formula is C23H22N2O3. The van der Waals surface area contributed by atoms with E-state index in [-0.39, 0.29) is 23.5 Å². The largest absolute Gasteiger partial charge is 0.459 e. The van der Waals surface area contributed by atoms with Gasteiger partial charge in [-0.1, -0.05) is 36.4 Å². The first-order chi connectivity index (χ1) is 13.7. The summed E-state index contributed by atoms with van der Waals surface area (Å²) in [5.74, 6) is -0.0229. The second-order valence-electron chi connectivity index (χ2n) is 6.99. The molecule has 0 fully saturated rings. The van der Waals surface area contributed by atoms with Crippen LogP contribution in [0.3, 0.4) is 0 Å². The third-order valence-electron chi connectivity index (χ3n) is 5.11. The van der Waals surface area contributed by atoms with Crippen molar-refractivity contribution >= 4 is 17.5 Å². The first kappa shape index (κ1) is 18.0. The number of carbonyl (C=O) groups excluding carboxylic acids is 2. The molecule has 0 saturated carbocycles. The fourth-order valence-electron chi connectivity index (χ4n) is 3.65. The first-order valence-electron chi connectivity index (χ1n) is 9.50. The van der Waals surface area contributed by atoms with Crippen molar-refractivity contribution in [1.29, 1.82) is 0 Å². The number of furan rings is 1. The third-order valence-corrected chi connectivity index (χ3v) is 5.11. The summed E-state index contributed by atoms with van der Waals surface area (Å²) in [6, 6.07) is 18.9. The van der Waals surface area contributed by atoms with E-state index in [0.29, 0.717) is 12.2 Å². The van der Waals surface area contributed by atoms with Crippen molar-refractivity contribution in [2.75, 3.05) is 5.32 Å². The molecule has 0 saturated heterocycles. The first-order valence-corrected chi connectivity index (χ1v) is 9.50. The normalized spacial score (nSPS) is 15.5. The van der Waals surface area contributed by atoms with E-state index < -0.39 is 0 Å². The van der Waals surface area contributed by atoms with Crippen LogP contribution in [0.1, 0.15) is 46.0 Å². The second-order valence-corrected chi connectivity index (χ2v) is 6.99. The lowest BCUT2D eigenvalue weighted by Gasteiger charge is -2.24. The van der Waals surface area contributed by atoms with E-state index in [9.17, 15) is 9.59 Å². The van der Waals surface area contributed by atoms with Crippen molar-refractivity contribution < 1.29 is 14.0 Å². The summed E-state index contributed by atoms with van der Waals surface area (Å²) in [4.78, 5) is 24.7. The molecule has 5 nitrogen and oxygen atoms in total. The zero-order valence-electron chi connectivity index (χ0n) is 15.5. The van der Waals surface area contributed by atoms with Gasteiger partial charge in [-0.2, -0.15) is 0 Å². The standard InChI is InChI=1S/C23H22N2O3/c26-22(20-8-3-6-17-5-1-2-7-19(17)20)24-15-16-10-12-18(13-11-16)25-23(27)21-9-4-14-28-21/h1-2,4-5,7,9-14,20H,3,6,8,15H2,(H,24,26)(H,25,27). The van der Waals surface area contributed by atoms with Crippen molar-refractivity contribution in [2.45, 2.75) is 31.7 Å². The van der Waals surface area contributed by atoms with Crippen LogP contribution in [-0.4, -0.2) is 11.8 Å². The van der Waals surface area contributed by atoms with Crippen LogP contribution in [0.25, 0.3) is 0 Å². The lowest BCUT2D eigenvalue weighted by Crippen LogP contribution is -2.31. The molecule has 0 radical (unpaired) electrons. The van der Waals surface area contributed by atoms with E-state index in [1.807, 2.05) is 36.4 Å². The Morgan fingerprint density at radius 2 is 1.82 bits per heavy atom. The minimum Gasteiger partial charge on any atom is -0.459 e. The summed E-state index contributed by atoms with van der Waals surface area (Å²) in [7, 11) is 0. The van der Waals surface area contributed by atoms with Gasteiger partial charge >= 0.3 is 0 Å². The minimum absolute atomic E-state index is 0.0716. The van der Waals surface area contributed by atoms with Crippen molar-refractivity contribution in [3.05, 3.63) is 89.4 Å². The Balaban J connectivity index is 1.34. The number of hydrogen-bond donors (Lipinski definition) is 2. The summed E-state index contributed by atoms with van der Waals surface area (Å²) >= 11 is 0. The summed E-state index contributed by atoms with van der Waals surface area (Å²) in [5, 5.41) is 5.83. The van der Waals surface area contributed by atoms with Crippen molar-refractivity contribution in [1.82, 2.24) is 5.32 Å². The van der Waals surface area contributed by atoms with E-state index >= 15 is 0 Å². The van der Waals surface area contributed by atoms with Gasteiger partial charge in [0.05, 0.1) is 12.2 Å². The lowest BCUT2D eigenvalue weighted by atomic mass is 9.82. The molecule has 1 aliphatic carbocycles. The predicted octanol–water partition coefficient (Wildman–Crippen LogP) is 4.27. The summed E-state index contributed by atoms with van der Waals surface area (Å²) in [6.45, 7) is 0.462. The highest BCUT2D eigenvalue weighted by Gasteiger charge is 2.25. The molecule has 1 unspecified atom stereocenters. The highest BCUT2D eigenvalue weighted by atomic mass is 16.3. The number of aryl methyl sites for hydroxylation is 1. The molecule has 0 aliphatic heterocycles. The molecule has 142 valence electrons. The van der Waals surface area contributed by atoms with Crippen LogP contribution in [0.5, 0.6) is 0 Å². The minimum atomic E-state index is -0.290. The van der Waals surface area contributed by atoms with Gasteiger partial charge in [0, 0.05) is 12.2 Å².